The van der Waals surface area contributed by atoms with Crippen molar-refractivity contribution in [3.05, 3.63) is 22.8 Å². The molecule has 0 spiro atoms. The number of ether oxygens (including phenoxy) is 1. The van der Waals surface area contributed by atoms with E-state index in [2.05, 4.69) is 22.6 Å². The van der Waals surface area contributed by atoms with Gasteiger partial charge in [0.25, 0.3) is 0 Å². The zero-order chi connectivity index (χ0) is 13.0. The Kier molecular flexibility index (Phi) is 5.93. The minimum Gasteiger partial charge on any atom is -0.472 e. The Morgan fingerprint density at radius 3 is 2.12 bits per heavy atom. The van der Waals surface area contributed by atoms with Gasteiger partial charge in [0.2, 0.25) is 0 Å². The fourth-order valence-corrected chi connectivity index (χ4v) is 4.65. The van der Waals surface area contributed by atoms with Gasteiger partial charge in [-0.3, -0.25) is 0 Å². The lowest BCUT2D eigenvalue weighted by Crippen LogP contribution is -2.08. The molecule has 1 aromatic rings. The molecule has 0 bridgehead atoms. The highest BCUT2D eigenvalue weighted by Crippen LogP contribution is 2.29. The topological polar surface area (TPSA) is 63.6 Å². The number of benzene rings is 1. The van der Waals surface area contributed by atoms with Crippen molar-refractivity contribution in [2.75, 3.05) is 0 Å². The molecule has 0 atom stereocenters. The van der Waals surface area contributed by atoms with Gasteiger partial charge in [-0.05, 0) is 79.9 Å². The predicted molar refractivity (Wildman–Crippen MR) is 85.6 cm³/mol. The monoisotopic (exact) mass is 568 g/mol. The molecule has 0 unspecified atom stereocenters. The number of carboxylic acids is 1. The van der Waals surface area contributed by atoms with E-state index in [9.17, 15) is 9.59 Å². The average Bonchev–Trinajstić information content (AvgIpc) is 2.20. The van der Waals surface area contributed by atoms with E-state index in [1.165, 1.54) is 0 Å². The van der Waals surface area contributed by atoms with Crippen LogP contribution in [-0.2, 0) is 9.59 Å². The standard InChI is InChI=1S/C10H3I3O4/c11-5-3-6(12)10(7(13)4-5)17-9(16)2-1-8(14)15/h3-4H,(H,14,15). The molecule has 17 heavy (non-hydrogen) atoms. The van der Waals surface area contributed by atoms with Gasteiger partial charge < -0.3 is 9.84 Å². The molecule has 0 fully saturated rings. The predicted octanol–water partition coefficient (Wildman–Crippen LogP) is 2.49. The quantitative estimate of drug-likeness (QED) is 0.186. The van der Waals surface area contributed by atoms with E-state index in [1.54, 1.807) is 5.92 Å². The maximum absolute atomic E-state index is 11.2. The minimum absolute atomic E-state index is 0.399. The number of hydrogen-bond donors (Lipinski definition) is 1. The molecule has 7 heteroatoms. The van der Waals surface area contributed by atoms with Crippen LogP contribution in [0.1, 0.15) is 0 Å². The lowest BCUT2D eigenvalue weighted by molar-refractivity contribution is -0.131. The van der Waals surface area contributed by atoms with Crippen molar-refractivity contribution in [1.29, 1.82) is 0 Å². The number of rotatable bonds is 1. The summed E-state index contributed by atoms with van der Waals surface area (Å²) in [4.78, 5) is 21.4. The van der Waals surface area contributed by atoms with E-state index in [0.29, 0.717) is 5.75 Å². The Bertz CT molecular complexity index is 519. The summed E-state index contributed by atoms with van der Waals surface area (Å²) in [5.74, 6) is 1.73. The minimum atomic E-state index is -1.37. The van der Waals surface area contributed by atoms with E-state index in [-0.39, 0.29) is 0 Å². The van der Waals surface area contributed by atoms with Crippen molar-refractivity contribution in [2.45, 2.75) is 0 Å². The molecule has 0 aliphatic heterocycles. The van der Waals surface area contributed by atoms with E-state index < -0.39 is 11.9 Å². The SMILES string of the molecule is O=C(O)C#CC(=O)Oc1c(I)cc(I)cc1I. The van der Waals surface area contributed by atoms with Crippen molar-refractivity contribution < 1.29 is 19.4 Å². The molecule has 4 nitrogen and oxygen atoms in total. The molecular weight excluding hydrogens is 565 g/mol. The van der Waals surface area contributed by atoms with Crippen LogP contribution in [0.4, 0.5) is 0 Å². The highest BCUT2D eigenvalue weighted by Gasteiger charge is 2.11. The van der Waals surface area contributed by atoms with Crippen LogP contribution in [0.3, 0.4) is 0 Å². The molecule has 0 heterocycles. The summed E-state index contributed by atoms with van der Waals surface area (Å²) < 4.78 is 7.54. The molecular formula is C10H3I3O4. The van der Waals surface area contributed by atoms with Gasteiger partial charge in [-0.2, -0.15) is 0 Å². The largest absolute Gasteiger partial charge is 0.472 e. The second kappa shape index (κ2) is 6.74. The summed E-state index contributed by atoms with van der Waals surface area (Å²) in [6.45, 7) is 0. The third-order valence-corrected chi connectivity index (χ3v) is 3.65. The number of hydrogen-bond acceptors (Lipinski definition) is 3. The maximum Gasteiger partial charge on any atom is 0.390 e. The van der Waals surface area contributed by atoms with E-state index in [4.69, 9.17) is 9.84 Å². The van der Waals surface area contributed by atoms with Crippen LogP contribution in [0.25, 0.3) is 0 Å². The molecule has 0 saturated carbocycles. The van der Waals surface area contributed by atoms with Crippen LogP contribution in [0.2, 0.25) is 0 Å². The van der Waals surface area contributed by atoms with Gasteiger partial charge in [0, 0.05) is 15.4 Å². The summed E-state index contributed by atoms with van der Waals surface area (Å²) in [5, 5.41) is 8.29. The first-order valence-corrected chi connectivity index (χ1v) is 7.25. The summed E-state index contributed by atoms with van der Waals surface area (Å²) in [6.07, 6.45) is 0. The van der Waals surface area contributed by atoms with Crippen LogP contribution in [0, 0.1) is 22.6 Å². The molecule has 0 aliphatic rings. The number of halogens is 3. The second-order valence-corrected chi connectivity index (χ2v) is 6.21. The van der Waals surface area contributed by atoms with Crippen molar-refractivity contribution in [3.63, 3.8) is 0 Å². The van der Waals surface area contributed by atoms with Crippen LogP contribution in [0.5, 0.6) is 5.75 Å². The molecule has 0 aromatic heterocycles. The smallest absolute Gasteiger partial charge is 0.390 e. The van der Waals surface area contributed by atoms with E-state index >= 15 is 0 Å². The molecule has 1 N–H and O–H groups in total. The first-order valence-electron chi connectivity index (χ1n) is 4.01. The lowest BCUT2D eigenvalue weighted by Gasteiger charge is -2.06. The molecule has 1 aromatic carbocycles. The van der Waals surface area contributed by atoms with Gasteiger partial charge in [0.05, 0.1) is 7.14 Å². The fourth-order valence-electron chi connectivity index (χ4n) is 0.849. The third kappa shape index (κ3) is 4.96. The number of esters is 1. The number of carbonyl (C=O) groups is 2. The highest BCUT2D eigenvalue weighted by atomic mass is 127. The van der Waals surface area contributed by atoms with Gasteiger partial charge in [-0.15, -0.1) is 0 Å². The Hall–Kier alpha value is -0.0900. The first-order chi connectivity index (χ1) is 7.90. The Balaban J connectivity index is 2.94. The van der Waals surface area contributed by atoms with Crippen molar-refractivity contribution >= 4 is 79.7 Å². The van der Waals surface area contributed by atoms with E-state index in [0.717, 1.165) is 10.7 Å². The zero-order valence-electron chi connectivity index (χ0n) is 7.96. The average molecular weight is 568 g/mol. The molecule has 0 radical (unpaired) electrons. The Labute approximate surface area is 138 Å². The van der Waals surface area contributed by atoms with Crippen LogP contribution in [-0.4, -0.2) is 17.0 Å². The summed E-state index contributed by atoms with van der Waals surface area (Å²) >= 11 is 6.22. The van der Waals surface area contributed by atoms with Crippen LogP contribution < -0.4 is 4.74 Å². The van der Waals surface area contributed by atoms with Crippen molar-refractivity contribution in [3.8, 4) is 17.6 Å². The van der Waals surface area contributed by atoms with Gasteiger partial charge in [0.15, 0.2) is 5.75 Å². The first kappa shape index (κ1) is 15.0. The molecule has 0 saturated heterocycles. The van der Waals surface area contributed by atoms with Gasteiger partial charge in [-0.1, -0.05) is 0 Å². The number of carboxylic acid groups (broad SMARTS) is 1. The summed E-state index contributed by atoms with van der Waals surface area (Å²) in [5.41, 5.74) is 0. The van der Waals surface area contributed by atoms with Gasteiger partial charge >= 0.3 is 11.9 Å². The molecule has 0 aliphatic carbocycles. The number of aliphatic carboxylic acids is 1. The molecule has 0 amide bonds. The Morgan fingerprint density at radius 2 is 1.65 bits per heavy atom. The summed E-state index contributed by atoms with van der Waals surface area (Å²) in [7, 11) is 0. The third-order valence-electron chi connectivity index (χ3n) is 1.43. The molecule has 88 valence electrons. The molecule has 1 rings (SSSR count). The summed E-state index contributed by atoms with van der Waals surface area (Å²) in [6, 6.07) is 3.69. The highest BCUT2D eigenvalue weighted by molar-refractivity contribution is 14.1. The lowest BCUT2D eigenvalue weighted by atomic mass is 10.3. The van der Waals surface area contributed by atoms with Crippen LogP contribution >= 0.6 is 67.8 Å². The fraction of sp³-hybridized carbons (Fsp3) is 0. The normalized spacial score (nSPS) is 9.12. The van der Waals surface area contributed by atoms with E-state index in [1.807, 2.05) is 63.2 Å². The second-order valence-electron chi connectivity index (χ2n) is 2.64. The zero-order valence-corrected chi connectivity index (χ0v) is 14.4. The van der Waals surface area contributed by atoms with Crippen molar-refractivity contribution in [1.82, 2.24) is 0 Å². The Morgan fingerprint density at radius 1 is 1.12 bits per heavy atom. The maximum atomic E-state index is 11.2. The van der Waals surface area contributed by atoms with Gasteiger partial charge in [-0.25, -0.2) is 9.59 Å². The van der Waals surface area contributed by atoms with Crippen LogP contribution in [0.15, 0.2) is 12.1 Å². The van der Waals surface area contributed by atoms with Crippen molar-refractivity contribution in [2.24, 2.45) is 0 Å². The number of carbonyl (C=O) groups excluding carboxylic acids is 1. The van der Waals surface area contributed by atoms with Gasteiger partial charge in [0.1, 0.15) is 0 Å².